The van der Waals surface area contributed by atoms with Crippen molar-refractivity contribution in [3.05, 3.63) is 23.7 Å². The van der Waals surface area contributed by atoms with Gasteiger partial charge in [0.15, 0.2) is 0 Å². The fraction of sp³-hybridized carbons (Fsp3) is 0.333. The number of rotatable bonds is 2. The van der Waals surface area contributed by atoms with Crippen LogP contribution in [0.1, 0.15) is 13.8 Å². The summed E-state index contributed by atoms with van der Waals surface area (Å²) in [6.45, 7) is 4.39. The van der Waals surface area contributed by atoms with Crippen molar-refractivity contribution in [3.8, 4) is 0 Å². The summed E-state index contributed by atoms with van der Waals surface area (Å²) in [6.07, 6.45) is 5.18. The molecule has 0 aromatic carbocycles. The fourth-order valence-corrected chi connectivity index (χ4v) is 0.899. The first-order chi connectivity index (χ1) is 6.24. The molecule has 0 atom stereocenters. The summed E-state index contributed by atoms with van der Waals surface area (Å²) < 4.78 is 0. The lowest BCUT2D eigenvalue weighted by Crippen LogP contribution is -2.21. The van der Waals surface area contributed by atoms with Gasteiger partial charge in [-0.2, -0.15) is 0 Å². The van der Waals surface area contributed by atoms with Crippen molar-refractivity contribution < 1.29 is 0 Å². The van der Waals surface area contributed by atoms with E-state index in [0.29, 0.717) is 12.2 Å². The molecule has 0 unspecified atom stereocenters. The summed E-state index contributed by atoms with van der Waals surface area (Å²) in [4.78, 5) is 8.14. The Morgan fingerprint density at radius 3 is 3.08 bits per heavy atom. The van der Waals surface area contributed by atoms with Crippen molar-refractivity contribution in [2.24, 2.45) is 15.7 Å². The minimum absolute atomic E-state index is 0.625. The molecule has 1 rings (SSSR count). The zero-order valence-corrected chi connectivity index (χ0v) is 7.91. The minimum atomic E-state index is 0.625. The number of aliphatic imine (C=N–C) groups is 2. The molecule has 0 amide bonds. The smallest absolute Gasteiger partial charge is 0.0975 e. The standard InChI is InChI=1S/C9H14N4/c1-3-11-6-9(10)8-4-12-7(2)13-5-8/h3-4,6H,5,10H2,1-2H3,(H,12,13)/b9-6-,11-3?. The van der Waals surface area contributed by atoms with Gasteiger partial charge < -0.3 is 11.1 Å². The van der Waals surface area contributed by atoms with Gasteiger partial charge in [-0.3, -0.25) is 9.98 Å². The van der Waals surface area contributed by atoms with E-state index in [9.17, 15) is 0 Å². The van der Waals surface area contributed by atoms with Gasteiger partial charge in [-0.15, -0.1) is 0 Å². The van der Waals surface area contributed by atoms with Crippen LogP contribution in [0.5, 0.6) is 0 Å². The van der Waals surface area contributed by atoms with Crippen molar-refractivity contribution in [2.75, 3.05) is 6.54 Å². The van der Waals surface area contributed by atoms with Crippen molar-refractivity contribution in [3.63, 3.8) is 0 Å². The molecule has 1 heterocycles. The Morgan fingerprint density at radius 1 is 1.77 bits per heavy atom. The average Bonchev–Trinajstić information content (AvgIpc) is 2.15. The molecular weight excluding hydrogens is 164 g/mol. The lowest BCUT2D eigenvalue weighted by molar-refractivity contribution is 1.01. The number of nitrogens with one attached hydrogen (secondary N) is 1. The molecule has 3 N–H and O–H groups in total. The second kappa shape index (κ2) is 4.45. The van der Waals surface area contributed by atoms with Gasteiger partial charge in [0, 0.05) is 24.2 Å². The molecule has 0 bridgehead atoms. The van der Waals surface area contributed by atoms with Crippen molar-refractivity contribution in [1.29, 1.82) is 0 Å². The maximum absolute atomic E-state index is 5.75. The quantitative estimate of drug-likeness (QED) is 0.614. The molecule has 0 aliphatic carbocycles. The summed E-state index contributed by atoms with van der Waals surface area (Å²) in [7, 11) is 0. The maximum atomic E-state index is 5.75. The highest BCUT2D eigenvalue weighted by molar-refractivity contribution is 5.81. The summed E-state index contributed by atoms with van der Waals surface area (Å²) in [6, 6.07) is 0. The number of hydrogen-bond donors (Lipinski definition) is 2. The Balaban J connectivity index is 2.65. The molecule has 0 fully saturated rings. The van der Waals surface area contributed by atoms with E-state index in [1.807, 2.05) is 20.0 Å². The molecule has 0 saturated carbocycles. The summed E-state index contributed by atoms with van der Waals surface area (Å²) in [5, 5.41) is 3.00. The molecule has 1 aliphatic heterocycles. The van der Waals surface area contributed by atoms with Crippen LogP contribution in [0.15, 0.2) is 33.7 Å². The van der Waals surface area contributed by atoms with Crippen LogP contribution in [0.4, 0.5) is 0 Å². The fourth-order valence-electron chi connectivity index (χ4n) is 0.899. The largest absolute Gasteiger partial charge is 0.397 e. The van der Waals surface area contributed by atoms with E-state index in [2.05, 4.69) is 15.3 Å². The number of nitrogens with two attached hydrogens (primary N) is 1. The highest BCUT2D eigenvalue weighted by atomic mass is 15.0. The van der Waals surface area contributed by atoms with E-state index in [-0.39, 0.29) is 0 Å². The molecule has 0 saturated heterocycles. The van der Waals surface area contributed by atoms with Crippen LogP contribution in [0, 0.1) is 0 Å². The Morgan fingerprint density at radius 2 is 2.54 bits per heavy atom. The SMILES string of the molecule is CC=N/C=C(\N)C1=CNC(C)=NC1. The summed E-state index contributed by atoms with van der Waals surface area (Å²) in [5.41, 5.74) is 7.37. The molecule has 70 valence electrons. The molecule has 4 heteroatoms. The second-order valence-corrected chi connectivity index (χ2v) is 2.71. The van der Waals surface area contributed by atoms with Gasteiger partial charge in [0.1, 0.15) is 0 Å². The van der Waals surface area contributed by atoms with E-state index in [1.54, 1.807) is 12.4 Å². The zero-order valence-electron chi connectivity index (χ0n) is 7.91. The third-order valence-electron chi connectivity index (χ3n) is 1.68. The van der Waals surface area contributed by atoms with Crippen LogP contribution in [0.3, 0.4) is 0 Å². The third kappa shape index (κ3) is 2.74. The normalized spacial score (nSPS) is 18.2. The number of amidine groups is 1. The first-order valence-corrected chi connectivity index (χ1v) is 4.14. The Kier molecular flexibility index (Phi) is 3.25. The maximum Gasteiger partial charge on any atom is 0.0975 e. The van der Waals surface area contributed by atoms with Crippen molar-refractivity contribution >= 4 is 12.1 Å². The van der Waals surface area contributed by atoms with Gasteiger partial charge in [-0.05, 0) is 13.8 Å². The third-order valence-corrected chi connectivity index (χ3v) is 1.68. The van der Waals surface area contributed by atoms with Crippen molar-refractivity contribution in [2.45, 2.75) is 13.8 Å². The Bertz CT molecular complexity index is 297. The lowest BCUT2D eigenvalue weighted by Gasteiger charge is -2.11. The summed E-state index contributed by atoms with van der Waals surface area (Å²) >= 11 is 0. The van der Waals surface area contributed by atoms with E-state index >= 15 is 0 Å². The molecule has 0 aromatic heterocycles. The van der Waals surface area contributed by atoms with Crippen LogP contribution >= 0.6 is 0 Å². The van der Waals surface area contributed by atoms with Crippen LogP contribution in [-0.2, 0) is 0 Å². The molecular formula is C9H14N4. The van der Waals surface area contributed by atoms with Gasteiger partial charge in [0.05, 0.1) is 18.1 Å². The van der Waals surface area contributed by atoms with Gasteiger partial charge in [-0.1, -0.05) is 0 Å². The summed E-state index contributed by atoms with van der Waals surface area (Å²) in [5.74, 6) is 0.913. The van der Waals surface area contributed by atoms with Crippen LogP contribution in [0.25, 0.3) is 0 Å². The van der Waals surface area contributed by atoms with E-state index in [1.165, 1.54) is 0 Å². The lowest BCUT2D eigenvalue weighted by atomic mass is 10.2. The van der Waals surface area contributed by atoms with E-state index in [0.717, 1.165) is 11.4 Å². The predicted octanol–water partition coefficient (Wildman–Crippen LogP) is 0.783. The van der Waals surface area contributed by atoms with Gasteiger partial charge >= 0.3 is 0 Å². The number of nitrogens with zero attached hydrogens (tertiary/aromatic N) is 2. The predicted molar refractivity (Wildman–Crippen MR) is 55.6 cm³/mol. The van der Waals surface area contributed by atoms with Crippen LogP contribution in [0.2, 0.25) is 0 Å². The topological polar surface area (TPSA) is 62.8 Å². The molecule has 0 radical (unpaired) electrons. The second-order valence-electron chi connectivity index (χ2n) is 2.71. The van der Waals surface area contributed by atoms with Crippen molar-refractivity contribution in [1.82, 2.24) is 5.32 Å². The average molecular weight is 178 g/mol. The minimum Gasteiger partial charge on any atom is -0.397 e. The monoisotopic (exact) mass is 178 g/mol. The van der Waals surface area contributed by atoms with Crippen LogP contribution < -0.4 is 11.1 Å². The van der Waals surface area contributed by atoms with E-state index in [4.69, 9.17) is 5.73 Å². The van der Waals surface area contributed by atoms with Gasteiger partial charge in [-0.25, -0.2) is 0 Å². The Hall–Kier alpha value is -1.58. The molecule has 1 aliphatic rings. The first kappa shape index (κ1) is 9.51. The number of hydrogen-bond acceptors (Lipinski definition) is 4. The first-order valence-electron chi connectivity index (χ1n) is 4.14. The van der Waals surface area contributed by atoms with Gasteiger partial charge in [0.2, 0.25) is 0 Å². The molecule has 13 heavy (non-hydrogen) atoms. The highest BCUT2D eigenvalue weighted by Gasteiger charge is 2.04. The zero-order chi connectivity index (χ0) is 9.68. The molecule has 4 nitrogen and oxygen atoms in total. The Labute approximate surface area is 78.0 Å². The van der Waals surface area contributed by atoms with Gasteiger partial charge in [0.25, 0.3) is 0 Å². The highest BCUT2D eigenvalue weighted by Crippen LogP contribution is 2.06. The van der Waals surface area contributed by atoms with E-state index < -0.39 is 0 Å². The molecule has 0 aromatic rings. The van der Waals surface area contributed by atoms with Crippen LogP contribution in [-0.4, -0.2) is 18.6 Å². The molecule has 0 spiro atoms.